The highest BCUT2D eigenvalue weighted by molar-refractivity contribution is 6.06. The number of hydrogen-bond acceptors (Lipinski definition) is 4. The highest BCUT2D eigenvalue weighted by Gasteiger charge is 2.19. The van der Waals surface area contributed by atoms with Gasteiger partial charge in [-0.25, -0.2) is 4.98 Å². The topological polar surface area (TPSA) is 83.8 Å². The van der Waals surface area contributed by atoms with Crippen molar-refractivity contribution in [2.45, 2.75) is 33.1 Å². The van der Waals surface area contributed by atoms with Crippen molar-refractivity contribution in [2.24, 2.45) is 0 Å². The fourth-order valence-electron chi connectivity index (χ4n) is 3.33. The smallest absolute Gasteiger partial charge is 0.259 e. The van der Waals surface area contributed by atoms with Crippen LogP contribution in [0.2, 0.25) is 0 Å². The Morgan fingerprint density at radius 1 is 1.30 bits per heavy atom. The van der Waals surface area contributed by atoms with Gasteiger partial charge >= 0.3 is 0 Å². The zero-order valence-electron chi connectivity index (χ0n) is 15.7. The van der Waals surface area contributed by atoms with E-state index in [1.807, 2.05) is 51.2 Å². The van der Waals surface area contributed by atoms with Gasteiger partial charge in [0.05, 0.1) is 16.6 Å². The monoisotopic (exact) mass is 362 g/mol. The van der Waals surface area contributed by atoms with Crippen molar-refractivity contribution in [2.75, 3.05) is 6.54 Å². The van der Waals surface area contributed by atoms with Crippen LogP contribution in [-0.2, 0) is 6.42 Å². The van der Waals surface area contributed by atoms with Crippen molar-refractivity contribution in [3.63, 3.8) is 0 Å². The maximum atomic E-state index is 12.9. The standard InChI is InChI=1S/C21H22N4O2/c1-12(2)18-10-16(19-13(3)25-27-21(19)24-18)20(26)22-9-8-14-11-23-17-7-5-4-6-15(14)17/h4-7,10-12,23H,8-9H2,1-3H3,(H,22,26). The maximum absolute atomic E-state index is 12.9. The molecule has 0 atom stereocenters. The molecule has 3 aromatic heterocycles. The Kier molecular flexibility index (Phi) is 4.39. The van der Waals surface area contributed by atoms with E-state index in [4.69, 9.17) is 4.52 Å². The molecular weight excluding hydrogens is 340 g/mol. The second kappa shape index (κ2) is 6.87. The zero-order chi connectivity index (χ0) is 19.0. The largest absolute Gasteiger partial charge is 0.361 e. The molecule has 4 aromatic rings. The van der Waals surface area contributed by atoms with Gasteiger partial charge in [0.1, 0.15) is 0 Å². The van der Waals surface area contributed by atoms with Gasteiger partial charge in [0.2, 0.25) is 0 Å². The number of fused-ring (bicyclic) bond motifs is 2. The first-order chi connectivity index (χ1) is 13.0. The van der Waals surface area contributed by atoms with Crippen molar-refractivity contribution in [1.82, 2.24) is 20.4 Å². The maximum Gasteiger partial charge on any atom is 0.259 e. The predicted octanol–water partition coefficient (Wildman–Crippen LogP) is 4.11. The lowest BCUT2D eigenvalue weighted by Gasteiger charge is -2.09. The Hall–Kier alpha value is -3.15. The molecular formula is C21H22N4O2. The Bertz CT molecular complexity index is 1120. The molecule has 0 radical (unpaired) electrons. The van der Waals surface area contributed by atoms with Crippen molar-refractivity contribution in [1.29, 1.82) is 0 Å². The van der Waals surface area contributed by atoms with E-state index in [1.54, 1.807) is 0 Å². The molecule has 6 nitrogen and oxygen atoms in total. The minimum Gasteiger partial charge on any atom is -0.361 e. The summed E-state index contributed by atoms with van der Waals surface area (Å²) in [7, 11) is 0. The van der Waals surface area contributed by atoms with Crippen LogP contribution in [0.3, 0.4) is 0 Å². The Morgan fingerprint density at radius 2 is 2.11 bits per heavy atom. The molecule has 6 heteroatoms. The van der Waals surface area contributed by atoms with Gasteiger partial charge < -0.3 is 14.8 Å². The summed E-state index contributed by atoms with van der Waals surface area (Å²) < 4.78 is 5.30. The number of aromatic amines is 1. The minimum atomic E-state index is -0.129. The van der Waals surface area contributed by atoms with Gasteiger partial charge in [-0.15, -0.1) is 0 Å². The summed E-state index contributed by atoms with van der Waals surface area (Å²) in [6.45, 7) is 6.45. The van der Waals surface area contributed by atoms with E-state index in [1.165, 1.54) is 10.9 Å². The molecule has 1 aromatic carbocycles. The second-order valence-corrected chi connectivity index (χ2v) is 7.06. The molecule has 138 valence electrons. The molecule has 0 saturated carbocycles. The molecule has 1 amide bonds. The number of rotatable bonds is 5. The van der Waals surface area contributed by atoms with Crippen LogP contribution in [0.4, 0.5) is 0 Å². The number of H-pyrrole nitrogens is 1. The van der Waals surface area contributed by atoms with Crippen molar-refractivity contribution in [3.05, 3.63) is 59.0 Å². The summed E-state index contributed by atoms with van der Waals surface area (Å²) in [6, 6.07) is 10.0. The van der Waals surface area contributed by atoms with Crippen LogP contribution in [0.1, 0.15) is 47.1 Å². The number of para-hydroxylation sites is 1. The molecule has 27 heavy (non-hydrogen) atoms. The molecule has 0 spiro atoms. The lowest BCUT2D eigenvalue weighted by molar-refractivity contribution is 0.0955. The van der Waals surface area contributed by atoms with Crippen LogP contribution in [0.15, 0.2) is 41.1 Å². The van der Waals surface area contributed by atoms with Crippen LogP contribution >= 0.6 is 0 Å². The molecule has 0 aliphatic heterocycles. The number of aromatic nitrogens is 3. The summed E-state index contributed by atoms with van der Waals surface area (Å²) in [5.41, 5.74) is 4.78. The fourth-order valence-corrected chi connectivity index (χ4v) is 3.33. The van der Waals surface area contributed by atoms with Crippen molar-refractivity contribution >= 4 is 27.9 Å². The lowest BCUT2D eigenvalue weighted by atomic mass is 10.0. The third-order valence-corrected chi connectivity index (χ3v) is 4.83. The minimum absolute atomic E-state index is 0.129. The van der Waals surface area contributed by atoms with Crippen LogP contribution < -0.4 is 5.32 Å². The fraction of sp³-hybridized carbons (Fsp3) is 0.286. The zero-order valence-corrected chi connectivity index (χ0v) is 15.7. The van der Waals surface area contributed by atoms with Crippen LogP contribution in [0.25, 0.3) is 22.0 Å². The first kappa shape index (κ1) is 17.3. The number of amides is 1. The first-order valence-electron chi connectivity index (χ1n) is 9.14. The lowest BCUT2D eigenvalue weighted by Crippen LogP contribution is -2.26. The molecule has 0 aliphatic rings. The van der Waals surface area contributed by atoms with E-state index in [9.17, 15) is 4.79 Å². The third-order valence-electron chi connectivity index (χ3n) is 4.83. The van der Waals surface area contributed by atoms with E-state index >= 15 is 0 Å². The SMILES string of the molecule is Cc1noc2nc(C(C)C)cc(C(=O)NCCc3c[nH]c4ccccc34)c12. The van der Waals surface area contributed by atoms with Gasteiger partial charge in [-0.1, -0.05) is 37.2 Å². The predicted molar refractivity (Wildman–Crippen MR) is 105 cm³/mol. The number of benzene rings is 1. The Balaban J connectivity index is 1.55. The molecule has 3 heterocycles. The third kappa shape index (κ3) is 3.18. The number of hydrogen-bond donors (Lipinski definition) is 2. The molecule has 0 fully saturated rings. The van der Waals surface area contributed by atoms with Gasteiger partial charge in [-0.05, 0) is 37.0 Å². The number of carbonyl (C=O) groups excluding carboxylic acids is 1. The second-order valence-electron chi connectivity index (χ2n) is 7.06. The van der Waals surface area contributed by atoms with Crippen LogP contribution in [0, 0.1) is 6.92 Å². The first-order valence-corrected chi connectivity index (χ1v) is 9.14. The van der Waals surface area contributed by atoms with E-state index in [-0.39, 0.29) is 11.8 Å². The van der Waals surface area contributed by atoms with Gasteiger partial charge in [-0.3, -0.25) is 4.79 Å². The number of pyridine rings is 1. The van der Waals surface area contributed by atoms with Crippen molar-refractivity contribution < 1.29 is 9.32 Å². The van der Waals surface area contributed by atoms with Gasteiger partial charge in [0.15, 0.2) is 0 Å². The Morgan fingerprint density at radius 3 is 2.93 bits per heavy atom. The number of carbonyl (C=O) groups is 1. The normalized spacial score (nSPS) is 11.6. The average Bonchev–Trinajstić information content (AvgIpc) is 3.25. The number of nitrogens with one attached hydrogen (secondary N) is 2. The van der Waals surface area contributed by atoms with Crippen LogP contribution in [-0.4, -0.2) is 27.6 Å². The number of nitrogens with zero attached hydrogens (tertiary/aromatic N) is 2. The summed E-state index contributed by atoms with van der Waals surface area (Å²) >= 11 is 0. The molecule has 0 bridgehead atoms. The number of aryl methyl sites for hydroxylation is 1. The van der Waals surface area contributed by atoms with Gasteiger partial charge in [0, 0.05) is 29.3 Å². The Labute approximate surface area is 157 Å². The highest BCUT2D eigenvalue weighted by Crippen LogP contribution is 2.25. The summed E-state index contributed by atoms with van der Waals surface area (Å²) in [5, 5.41) is 8.87. The van der Waals surface area contributed by atoms with E-state index in [2.05, 4.69) is 26.5 Å². The van der Waals surface area contributed by atoms with Crippen molar-refractivity contribution in [3.8, 4) is 0 Å². The summed E-state index contributed by atoms with van der Waals surface area (Å²) in [4.78, 5) is 20.6. The average molecular weight is 362 g/mol. The molecule has 4 rings (SSSR count). The van der Waals surface area contributed by atoms with E-state index < -0.39 is 0 Å². The highest BCUT2D eigenvalue weighted by atomic mass is 16.5. The molecule has 2 N–H and O–H groups in total. The van der Waals surface area contributed by atoms with E-state index in [0.29, 0.717) is 28.9 Å². The van der Waals surface area contributed by atoms with Gasteiger partial charge in [-0.2, -0.15) is 0 Å². The summed E-state index contributed by atoms with van der Waals surface area (Å²) in [5.74, 6) is 0.0630. The van der Waals surface area contributed by atoms with Crippen LogP contribution in [0.5, 0.6) is 0 Å². The summed E-state index contributed by atoms with van der Waals surface area (Å²) in [6.07, 6.45) is 2.76. The van der Waals surface area contributed by atoms with E-state index in [0.717, 1.165) is 17.6 Å². The molecule has 0 unspecified atom stereocenters. The molecule has 0 saturated heterocycles. The van der Waals surface area contributed by atoms with Gasteiger partial charge in [0.25, 0.3) is 11.6 Å². The molecule has 0 aliphatic carbocycles. The quantitative estimate of drug-likeness (QED) is 0.560.